The first-order chi connectivity index (χ1) is 16.1. The summed E-state index contributed by atoms with van der Waals surface area (Å²) in [7, 11) is 1.48. The van der Waals surface area contributed by atoms with Crippen molar-refractivity contribution < 1.29 is 24.5 Å². The molecule has 0 bridgehead atoms. The van der Waals surface area contributed by atoms with Crippen LogP contribution in [-0.2, 0) is 15.0 Å². The van der Waals surface area contributed by atoms with Gasteiger partial charge in [-0.25, -0.2) is 0 Å². The average molecular weight is 458 g/mol. The Balaban J connectivity index is 2.00. The first-order valence-electron chi connectivity index (χ1n) is 11.0. The summed E-state index contributed by atoms with van der Waals surface area (Å²) in [6.07, 6.45) is 0. The van der Waals surface area contributed by atoms with Gasteiger partial charge in [-0.2, -0.15) is 0 Å². The van der Waals surface area contributed by atoms with Crippen LogP contribution in [0.1, 0.15) is 43.5 Å². The van der Waals surface area contributed by atoms with E-state index in [1.807, 2.05) is 32.9 Å². The van der Waals surface area contributed by atoms with Crippen molar-refractivity contribution in [3.8, 4) is 11.5 Å². The molecule has 0 radical (unpaired) electrons. The van der Waals surface area contributed by atoms with E-state index in [1.165, 1.54) is 18.1 Å². The molecule has 1 atom stereocenters. The zero-order valence-electron chi connectivity index (χ0n) is 19.6. The molecule has 0 saturated carbocycles. The quantitative estimate of drug-likeness (QED) is 0.314. The second-order valence-corrected chi connectivity index (χ2v) is 9.23. The molecule has 174 valence electrons. The summed E-state index contributed by atoms with van der Waals surface area (Å²) >= 11 is 0. The lowest BCUT2D eigenvalue weighted by molar-refractivity contribution is -0.132. The highest BCUT2D eigenvalue weighted by Gasteiger charge is 2.47. The zero-order chi connectivity index (χ0) is 24.6. The molecule has 0 spiro atoms. The number of aromatic hydroxyl groups is 1. The molecule has 6 heteroatoms. The second kappa shape index (κ2) is 8.71. The van der Waals surface area contributed by atoms with E-state index < -0.39 is 17.7 Å². The van der Waals surface area contributed by atoms with E-state index in [9.17, 15) is 19.8 Å². The zero-order valence-corrected chi connectivity index (χ0v) is 19.6. The molecule has 1 aliphatic rings. The normalized spacial score (nSPS) is 17.8. The fraction of sp³-hybridized carbons (Fsp3) is 0.214. The van der Waals surface area contributed by atoms with Crippen molar-refractivity contribution in [1.29, 1.82) is 0 Å². The lowest BCUT2D eigenvalue weighted by Crippen LogP contribution is -2.29. The number of nitrogens with zero attached hydrogens (tertiary/aromatic N) is 1. The lowest BCUT2D eigenvalue weighted by atomic mass is 9.85. The molecule has 2 N–H and O–H groups in total. The number of methoxy groups -OCH3 is 1. The number of carbonyl (C=O) groups excluding carboxylic acids is 2. The highest BCUT2D eigenvalue weighted by Crippen LogP contribution is 2.45. The van der Waals surface area contributed by atoms with E-state index >= 15 is 0 Å². The molecule has 1 amide bonds. The number of ether oxygens (including phenoxy) is 1. The standard InChI is InChI=1S/C28H27NO5/c1-28(2,3)18-14-15-22(34-4)19(16-18)25(31)23-24(17-10-6-5-7-11-17)29(27(33)26(23)32)20-12-8-9-13-21(20)30/h5-16,24,30-31H,1-4H3/b25-23+. The number of rotatable bonds is 4. The molecule has 3 aromatic carbocycles. The van der Waals surface area contributed by atoms with Gasteiger partial charge in [0.2, 0.25) is 0 Å². The third-order valence-corrected chi connectivity index (χ3v) is 6.02. The molecular formula is C28H27NO5. The molecule has 1 heterocycles. The second-order valence-electron chi connectivity index (χ2n) is 9.23. The number of aliphatic hydroxyl groups excluding tert-OH is 1. The van der Waals surface area contributed by atoms with Gasteiger partial charge in [-0.15, -0.1) is 0 Å². The minimum atomic E-state index is -0.933. The maximum Gasteiger partial charge on any atom is 0.300 e. The van der Waals surface area contributed by atoms with Crippen LogP contribution in [0.5, 0.6) is 11.5 Å². The number of phenols is 1. The van der Waals surface area contributed by atoms with Crippen molar-refractivity contribution in [2.75, 3.05) is 12.0 Å². The number of amides is 1. The van der Waals surface area contributed by atoms with E-state index in [4.69, 9.17) is 4.74 Å². The lowest BCUT2D eigenvalue weighted by Gasteiger charge is -2.26. The van der Waals surface area contributed by atoms with Gasteiger partial charge in [0.05, 0.1) is 30.0 Å². The van der Waals surface area contributed by atoms with Crippen LogP contribution < -0.4 is 9.64 Å². The highest BCUT2D eigenvalue weighted by atomic mass is 16.5. The summed E-state index contributed by atoms with van der Waals surface area (Å²) in [6, 6.07) is 19.8. The number of aliphatic hydroxyl groups is 1. The number of anilines is 1. The summed E-state index contributed by atoms with van der Waals surface area (Å²) in [5.41, 5.74) is 1.78. The van der Waals surface area contributed by atoms with Gasteiger partial charge in [0.15, 0.2) is 0 Å². The summed E-state index contributed by atoms with van der Waals surface area (Å²) in [6.45, 7) is 6.12. The van der Waals surface area contributed by atoms with Crippen LogP contribution in [0.15, 0.2) is 78.4 Å². The third-order valence-electron chi connectivity index (χ3n) is 6.02. The Bertz CT molecular complexity index is 1290. The summed E-state index contributed by atoms with van der Waals surface area (Å²) < 4.78 is 5.48. The van der Waals surface area contributed by atoms with Crippen LogP contribution in [0.4, 0.5) is 5.69 Å². The Labute approximate surface area is 198 Å². The minimum Gasteiger partial charge on any atom is -0.507 e. The van der Waals surface area contributed by atoms with Gasteiger partial charge in [0.1, 0.15) is 17.3 Å². The highest BCUT2D eigenvalue weighted by molar-refractivity contribution is 6.52. The number of ketones is 1. The van der Waals surface area contributed by atoms with Gasteiger partial charge < -0.3 is 14.9 Å². The molecule has 1 aliphatic heterocycles. The average Bonchev–Trinajstić information content (AvgIpc) is 3.09. The van der Waals surface area contributed by atoms with Crippen molar-refractivity contribution in [3.05, 3.63) is 95.1 Å². The molecule has 34 heavy (non-hydrogen) atoms. The van der Waals surface area contributed by atoms with E-state index in [-0.39, 0.29) is 28.2 Å². The Hall–Kier alpha value is -4.06. The van der Waals surface area contributed by atoms with Crippen molar-refractivity contribution in [1.82, 2.24) is 0 Å². The van der Waals surface area contributed by atoms with Gasteiger partial charge >= 0.3 is 0 Å². The number of para-hydroxylation sites is 2. The first kappa shape index (κ1) is 23.1. The molecular weight excluding hydrogens is 430 g/mol. The molecule has 1 unspecified atom stereocenters. The Morgan fingerprint density at radius 1 is 0.941 bits per heavy atom. The maximum atomic E-state index is 13.3. The van der Waals surface area contributed by atoms with Crippen LogP contribution >= 0.6 is 0 Å². The van der Waals surface area contributed by atoms with Crippen molar-refractivity contribution in [3.63, 3.8) is 0 Å². The van der Waals surface area contributed by atoms with Gasteiger partial charge in [0, 0.05) is 0 Å². The van der Waals surface area contributed by atoms with E-state index in [1.54, 1.807) is 54.6 Å². The van der Waals surface area contributed by atoms with E-state index in [2.05, 4.69) is 0 Å². The van der Waals surface area contributed by atoms with Gasteiger partial charge in [-0.05, 0) is 40.8 Å². The Kier molecular flexibility index (Phi) is 5.92. The van der Waals surface area contributed by atoms with Crippen molar-refractivity contribution in [2.45, 2.75) is 32.2 Å². The Morgan fingerprint density at radius 2 is 1.59 bits per heavy atom. The van der Waals surface area contributed by atoms with E-state index in [0.717, 1.165) is 5.56 Å². The van der Waals surface area contributed by atoms with Gasteiger partial charge in [0.25, 0.3) is 11.7 Å². The fourth-order valence-electron chi connectivity index (χ4n) is 4.20. The summed E-state index contributed by atoms with van der Waals surface area (Å²) in [5, 5.41) is 22.0. The van der Waals surface area contributed by atoms with Crippen LogP contribution in [0.3, 0.4) is 0 Å². The van der Waals surface area contributed by atoms with Crippen LogP contribution in [-0.4, -0.2) is 29.0 Å². The minimum absolute atomic E-state index is 0.0659. The van der Waals surface area contributed by atoms with Crippen molar-refractivity contribution in [2.24, 2.45) is 0 Å². The molecule has 6 nitrogen and oxygen atoms in total. The Morgan fingerprint density at radius 3 is 2.21 bits per heavy atom. The van der Waals surface area contributed by atoms with E-state index in [0.29, 0.717) is 16.9 Å². The maximum absolute atomic E-state index is 13.3. The largest absolute Gasteiger partial charge is 0.507 e. The predicted octanol–water partition coefficient (Wildman–Crippen LogP) is 5.32. The fourth-order valence-corrected chi connectivity index (χ4v) is 4.20. The third kappa shape index (κ3) is 3.92. The number of hydrogen-bond donors (Lipinski definition) is 2. The number of hydrogen-bond acceptors (Lipinski definition) is 5. The van der Waals surface area contributed by atoms with Crippen LogP contribution in [0.25, 0.3) is 5.76 Å². The van der Waals surface area contributed by atoms with Crippen LogP contribution in [0, 0.1) is 0 Å². The first-order valence-corrected chi connectivity index (χ1v) is 11.0. The molecule has 4 rings (SSSR count). The molecule has 0 aromatic heterocycles. The van der Waals surface area contributed by atoms with Gasteiger partial charge in [-0.3, -0.25) is 14.5 Å². The van der Waals surface area contributed by atoms with Crippen LogP contribution in [0.2, 0.25) is 0 Å². The SMILES string of the molecule is COc1ccc(C(C)(C)C)cc1/C(O)=C1\C(=O)C(=O)N(c2ccccc2O)C1c1ccccc1. The predicted molar refractivity (Wildman–Crippen MR) is 131 cm³/mol. The smallest absolute Gasteiger partial charge is 0.300 e. The number of benzene rings is 3. The summed E-state index contributed by atoms with van der Waals surface area (Å²) in [5.74, 6) is -1.75. The molecule has 1 saturated heterocycles. The molecule has 3 aromatic rings. The molecule has 1 fully saturated rings. The number of carbonyl (C=O) groups is 2. The van der Waals surface area contributed by atoms with Crippen molar-refractivity contribution >= 4 is 23.1 Å². The number of Topliss-reactive ketones (excluding diaryl/α,β-unsaturated/α-hetero) is 1. The monoisotopic (exact) mass is 457 g/mol. The molecule has 0 aliphatic carbocycles. The topological polar surface area (TPSA) is 87.1 Å². The van der Waals surface area contributed by atoms with Gasteiger partial charge in [-0.1, -0.05) is 69.3 Å². The summed E-state index contributed by atoms with van der Waals surface area (Å²) in [4.78, 5) is 27.8. The number of phenolic OH excluding ortho intramolecular Hbond substituents is 1.